The van der Waals surface area contributed by atoms with E-state index < -0.39 is 170 Å². The average molecular weight is 957 g/mol. The van der Waals surface area contributed by atoms with Gasteiger partial charge in [-0.1, -0.05) is 76.2 Å². The van der Waals surface area contributed by atoms with Crippen molar-refractivity contribution in [1.82, 2.24) is 0 Å². The van der Waals surface area contributed by atoms with Gasteiger partial charge in [0.1, 0.15) is 17.5 Å². The minimum Gasteiger partial charge on any atom is -0.511 e. The predicted molar refractivity (Wildman–Crippen MR) is 229 cm³/mol. The first-order valence-corrected chi connectivity index (χ1v) is 23.3. The number of hydrogen-bond donors (Lipinski definition) is 1. The molecule has 2 spiro atoms. The highest BCUT2D eigenvalue weighted by molar-refractivity contribution is 5.92. The minimum atomic E-state index is -2.63. The van der Waals surface area contributed by atoms with Crippen LogP contribution in [0.4, 0.5) is 0 Å². The standard InChI is InChI=1S/C49H64O19/c1-21(2)31(53)30-32-43(12,33(61-39(30)57)27-16-17-59-19-27)34(62-36(54)22(3)4)35(63-37(55)23(5)6)49-44(13)28(18-29(52)58-15)42(11)20-46(44)48(65-26(10)51,40(42)60-25(9)50)41(64-38(56)24(7)8)47(32,49)67-45(14,66-46)68-49/h16-17,19,21-24,28,32-35,40-41,53H,18,20H2,1-15H3/b31-30-/t28-,32+,33-,34?,35?,40-,41-,42+,43+,44+,45+,46+,47+,48-,49-/m0/s1. The summed E-state index contributed by atoms with van der Waals surface area (Å²) in [6.45, 7) is 21.4. The first-order valence-electron chi connectivity index (χ1n) is 23.3. The van der Waals surface area contributed by atoms with Gasteiger partial charge >= 0.3 is 41.8 Å². The van der Waals surface area contributed by atoms with Crippen LogP contribution in [0.25, 0.3) is 0 Å². The van der Waals surface area contributed by atoms with Crippen molar-refractivity contribution in [2.24, 2.45) is 51.8 Å². The van der Waals surface area contributed by atoms with E-state index >= 15 is 4.79 Å². The van der Waals surface area contributed by atoms with Gasteiger partial charge in [-0.3, -0.25) is 28.8 Å². The van der Waals surface area contributed by atoms with Gasteiger partial charge in [0.25, 0.3) is 5.97 Å². The zero-order chi connectivity index (χ0) is 50.4. The first kappa shape index (κ1) is 49.4. The third kappa shape index (κ3) is 5.77. The summed E-state index contributed by atoms with van der Waals surface area (Å²) in [5.41, 5.74) is -15.3. The number of rotatable bonds is 12. The normalized spacial score (nSPS) is 43.2. The van der Waals surface area contributed by atoms with Crippen molar-refractivity contribution >= 4 is 41.8 Å². The molecule has 1 N–H and O–H groups in total. The molecule has 7 fully saturated rings. The lowest BCUT2D eigenvalue weighted by molar-refractivity contribution is -0.490. The van der Waals surface area contributed by atoms with E-state index in [2.05, 4.69) is 0 Å². The van der Waals surface area contributed by atoms with Crippen molar-refractivity contribution in [3.63, 3.8) is 0 Å². The number of cyclic esters (lactones) is 1. The van der Waals surface area contributed by atoms with E-state index in [0.29, 0.717) is 0 Å². The molecule has 4 saturated carbocycles. The van der Waals surface area contributed by atoms with Crippen LogP contribution in [0, 0.1) is 51.8 Å². The number of hydrogen-bond acceptors (Lipinski definition) is 19. The Morgan fingerprint density at radius 3 is 1.87 bits per heavy atom. The SMILES string of the molecule is COC(=O)C[C@H]1[C@@]2(C)C[C@@]34O[C@]5(C)O[C@]6([C@@H]7/C(=C(/O)C(C)C)C(=O)O[C@@H](c8ccoc8)[C@]7(C)C(OC(=O)C(C)C)C(OC(=O)C(C)C)[C@]6(O5)[C@]13C)[C@H](OC(=O)C(C)C)[C@@]4(OC(C)=O)[C@H]2OC(C)=O. The highest BCUT2D eigenvalue weighted by Gasteiger charge is 3.08. The molecule has 7 aliphatic rings. The molecule has 2 unspecified atom stereocenters. The molecule has 374 valence electrons. The summed E-state index contributed by atoms with van der Waals surface area (Å²) in [4.78, 5) is 101. The van der Waals surface area contributed by atoms with E-state index in [1.807, 2.05) is 0 Å². The van der Waals surface area contributed by atoms with Crippen molar-refractivity contribution in [2.45, 2.75) is 169 Å². The molecular weight excluding hydrogens is 893 g/mol. The van der Waals surface area contributed by atoms with Gasteiger partial charge in [0, 0.05) is 55.4 Å². The Morgan fingerprint density at radius 2 is 1.35 bits per heavy atom. The van der Waals surface area contributed by atoms with Crippen LogP contribution in [-0.4, -0.2) is 107 Å². The van der Waals surface area contributed by atoms with Crippen LogP contribution in [0.3, 0.4) is 0 Å². The summed E-state index contributed by atoms with van der Waals surface area (Å²) in [5.74, 6) is -15.3. The maximum Gasteiger partial charge on any atom is 0.338 e. The summed E-state index contributed by atoms with van der Waals surface area (Å²) in [6.07, 6.45) is -6.88. The molecule has 1 aromatic rings. The molecule has 15 atom stereocenters. The van der Waals surface area contributed by atoms with Crippen molar-refractivity contribution in [3.05, 3.63) is 35.5 Å². The monoisotopic (exact) mass is 956 g/mol. The van der Waals surface area contributed by atoms with E-state index in [1.54, 1.807) is 76.2 Å². The van der Waals surface area contributed by atoms with Crippen LogP contribution in [0.15, 0.2) is 34.3 Å². The molecule has 3 saturated heterocycles. The largest absolute Gasteiger partial charge is 0.511 e. The maximum atomic E-state index is 15.3. The molecule has 0 aromatic carbocycles. The molecule has 0 amide bonds. The topological polar surface area (TPSA) is 245 Å². The fraction of sp³-hybridized carbons (Fsp3) is 0.735. The van der Waals surface area contributed by atoms with Gasteiger partial charge in [0.2, 0.25) is 5.60 Å². The van der Waals surface area contributed by atoms with Gasteiger partial charge in [0.15, 0.2) is 35.6 Å². The minimum absolute atomic E-state index is 0.206. The van der Waals surface area contributed by atoms with Gasteiger partial charge in [-0.05, 0) is 18.4 Å². The summed E-state index contributed by atoms with van der Waals surface area (Å²) in [7, 11) is 1.19. The molecule has 8 rings (SSSR count). The molecule has 68 heavy (non-hydrogen) atoms. The maximum absolute atomic E-state index is 15.3. The lowest BCUT2D eigenvalue weighted by Gasteiger charge is -2.78. The van der Waals surface area contributed by atoms with Crippen molar-refractivity contribution in [2.75, 3.05) is 7.11 Å². The Kier molecular flexibility index (Phi) is 11.3. The molecule has 19 heteroatoms. The number of allylic oxidation sites excluding steroid dienone is 1. The average Bonchev–Trinajstić information content (AvgIpc) is 3.94. The summed E-state index contributed by atoms with van der Waals surface area (Å²) in [5, 5.41) is 12.6. The number of aliphatic hydroxyl groups excluding tert-OH is 1. The Labute approximate surface area is 394 Å². The third-order valence-electron chi connectivity index (χ3n) is 16.4. The fourth-order valence-corrected chi connectivity index (χ4v) is 14.3. The van der Waals surface area contributed by atoms with Crippen molar-refractivity contribution in [3.8, 4) is 0 Å². The molecule has 3 aliphatic heterocycles. The highest BCUT2D eigenvalue weighted by Crippen LogP contribution is 2.91. The number of carbonyl (C=O) groups excluding carboxylic acids is 7. The lowest BCUT2D eigenvalue weighted by Crippen LogP contribution is -2.98. The molecule has 4 bridgehead atoms. The summed E-state index contributed by atoms with van der Waals surface area (Å²) < 4.78 is 73.3. The zero-order valence-electron chi connectivity index (χ0n) is 41.3. The van der Waals surface area contributed by atoms with Crippen molar-refractivity contribution in [1.29, 1.82) is 0 Å². The molecule has 1 aromatic heterocycles. The number of carbonyl (C=O) groups is 7. The third-order valence-corrected chi connectivity index (χ3v) is 16.4. The predicted octanol–water partition coefficient (Wildman–Crippen LogP) is 5.51. The number of methoxy groups -OCH3 is 1. The Morgan fingerprint density at radius 1 is 0.765 bits per heavy atom. The number of esters is 7. The van der Waals surface area contributed by atoms with Gasteiger partial charge < -0.3 is 56.9 Å². The number of aliphatic hydroxyl groups is 1. The second kappa shape index (κ2) is 15.5. The van der Waals surface area contributed by atoms with Gasteiger partial charge in [-0.2, -0.15) is 0 Å². The number of furan rings is 1. The summed E-state index contributed by atoms with van der Waals surface area (Å²) >= 11 is 0. The quantitative estimate of drug-likeness (QED) is 0.117. The second-order valence-corrected chi connectivity index (χ2v) is 21.7. The van der Waals surface area contributed by atoms with E-state index in [1.165, 1.54) is 32.6 Å². The van der Waals surface area contributed by atoms with Gasteiger partial charge in [0.05, 0.1) is 48.4 Å². The van der Waals surface area contributed by atoms with Crippen molar-refractivity contribution < 1.29 is 90.5 Å². The highest BCUT2D eigenvalue weighted by atomic mass is 16.9. The smallest absolute Gasteiger partial charge is 0.338 e. The molecule has 4 heterocycles. The van der Waals surface area contributed by atoms with E-state index in [9.17, 15) is 33.9 Å². The molecule has 4 aliphatic carbocycles. The fourth-order valence-electron chi connectivity index (χ4n) is 14.3. The van der Waals surface area contributed by atoms with E-state index in [4.69, 9.17) is 51.8 Å². The van der Waals surface area contributed by atoms with Gasteiger partial charge in [-0.25, -0.2) is 4.79 Å². The summed E-state index contributed by atoms with van der Waals surface area (Å²) in [6, 6.07) is 1.52. The Bertz CT molecular complexity index is 2370. The molecule has 19 nitrogen and oxygen atoms in total. The number of fused-ring (bicyclic) bond motifs is 3. The Hall–Kier alpha value is -5.01. The van der Waals surface area contributed by atoms with Crippen LogP contribution >= 0.6 is 0 Å². The number of ether oxygens (including phenoxy) is 10. The van der Waals surface area contributed by atoms with Crippen LogP contribution < -0.4 is 0 Å². The molecule has 0 radical (unpaired) electrons. The van der Waals surface area contributed by atoms with Gasteiger partial charge in [-0.15, -0.1) is 0 Å². The zero-order valence-corrected chi connectivity index (χ0v) is 41.3. The van der Waals surface area contributed by atoms with Crippen LogP contribution in [0.5, 0.6) is 0 Å². The first-order chi connectivity index (χ1) is 31.5. The van der Waals surface area contributed by atoms with Crippen LogP contribution in [-0.2, 0) is 80.9 Å². The van der Waals surface area contributed by atoms with E-state index in [0.717, 1.165) is 13.8 Å². The molecular formula is C49H64O19. The van der Waals surface area contributed by atoms with Crippen LogP contribution in [0.1, 0.15) is 121 Å². The van der Waals surface area contributed by atoms with Crippen LogP contribution in [0.2, 0.25) is 0 Å². The second-order valence-electron chi connectivity index (χ2n) is 21.7. The Balaban J connectivity index is 1.69. The van der Waals surface area contributed by atoms with E-state index in [-0.39, 0.29) is 12.0 Å². The lowest BCUT2D eigenvalue weighted by atomic mass is 9.32.